The van der Waals surface area contributed by atoms with Crippen LogP contribution < -0.4 is 10.1 Å². The molecule has 1 rings (SSSR count). The van der Waals surface area contributed by atoms with E-state index in [0.29, 0.717) is 13.0 Å². The molecule has 0 heterocycles. The number of halogens is 1. The molecule has 4 heteroatoms. The van der Waals surface area contributed by atoms with E-state index in [1.54, 1.807) is 12.1 Å². The molecule has 0 aliphatic heterocycles. The van der Waals surface area contributed by atoms with Crippen molar-refractivity contribution < 1.29 is 9.13 Å². The lowest BCUT2D eigenvalue weighted by Gasteiger charge is -2.20. The summed E-state index contributed by atoms with van der Waals surface area (Å²) in [4.78, 5) is 0. The van der Waals surface area contributed by atoms with E-state index in [0.717, 1.165) is 5.56 Å². The molecule has 1 atom stereocenters. The Hall–Kier alpha value is -1.60. The van der Waals surface area contributed by atoms with Crippen molar-refractivity contribution in [3.63, 3.8) is 0 Å². The van der Waals surface area contributed by atoms with Crippen molar-refractivity contribution in [1.29, 1.82) is 5.26 Å². The summed E-state index contributed by atoms with van der Waals surface area (Å²) in [5, 5.41) is 12.1. The first-order valence-corrected chi connectivity index (χ1v) is 6.45. The summed E-state index contributed by atoms with van der Waals surface area (Å²) in [6.07, 6.45) is -0.0726. The predicted molar refractivity (Wildman–Crippen MR) is 73.3 cm³/mol. The van der Waals surface area contributed by atoms with E-state index in [1.807, 2.05) is 13.0 Å². The van der Waals surface area contributed by atoms with Gasteiger partial charge in [-0.1, -0.05) is 13.0 Å². The molecular formula is C15H21FN2O. The molecule has 1 aromatic carbocycles. The number of nitrogens with one attached hydrogen (secondary N) is 1. The molecule has 0 saturated carbocycles. The van der Waals surface area contributed by atoms with Crippen molar-refractivity contribution in [2.75, 3.05) is 0 Å². The third-order valence-electron chi connectivity index (χ3n) is 2.60. The lowest BCUT2D eigenvalue weighted by Crippen LogP contribution is -2.35. The Morgan fingerprint density at radius 3 is 2.58 bits per heavy atom. The minimum absolute atomic E-state index is 0.0141. The molecule has 0 aliphatic carbocycles. The van der Waals surface area contributed by atoms with Gasteiger partial charge < -0.3 is 10.1 Å². The first-order valence-electron chi connectivity index (χ1n) is 6.45. The molecule has 1 N–H and O–H groups in total. The molecule has 0 radical (unpaired) electrons. The first kappa shape index (κ1) is 15.5. The third-order valence-corrected chi connectivity index (χ3v) is 2.60. The molecule has 0 bridgehead atoms. The molecule has 0 aromatic heterocycles. The number of benzene rings is 1. The molecule has 0 saturated heterocycles. The summed E-state index contributed by atoms with van der Waals surface area (Å²) in [5.41, 5.74) is 0.838. The van der Waals surface area contributed by atoms with Gasteiger partial charge in [-0.2, -0.15) is 5.26 Å². The Balaban J connectivity index is 2.72. The summed E-state index contributed by atoms with van der Waals surface area (Å²) in [6.45, 7) is 8.59. The van der Waals surface area contributed by atoms with Gasteiger partial charge >= 0.3 is 0 Å². The number of hydrogen-bond acceptors (Lipinski definition) is 3. The largest absolute Gasteiger partial charge is 0.473 e. The second-order valence-corrected chi connectivity index (χ2v) is 5.51. The van der Waals surface area contributed by atoms with Crippen molar-refractivity contribution in [2.45, 2.75) is 52.3 Å². The van der Waals surface area contributed by atoms with E-state index < -0.39 is 11.9 Å². The molecule has 0 aliphatic rings. The minimum atomic E-state index is -0.604. The van der Waals surface area contributed by atoms with E-state index in [9.17, 15) is 4.39 Å². The Morgan fingerprint density at radius 2 is 2.11 bits per heavy atom. The third kappa shape index (κ3) is 5.27. The van der Waals surface area contributed by atoms with Gasteiger partial charge in [0.25, 0.3) is 0 Å². The summed E-state index contributed by atoms with van der Waals surface area (Å²) < 4.78 is 19.1. The summed E-state index contributed by atoms with van der Waals surface area (Å²) in [7, 11) is 0. The fourth-order valence-corrected chi connectivity index (χ4v) is 1.47. The average molecular weight is 264 g/mol. The van der Waals surface area contributed by atoms with Gasteiger partial charge in [0.15, 0.2) is 17.7 Å². The maximum atomic E-state index is 13.8. The van der Waals surface area contributed by atoms with Crippen molar-refractivity contribution >= 4 is 0 Å². The van der Waals surface area contributed by atoms with E-state index in [-0.39, 0.29) is 11.3 Å². The van der Waals surface area contributed by atoms with Crippen LogP contribution in [0, 0.1) is 17.1 Å². The average Bonchev–Trinajstić information content (AvgIpc) is 2.34. The SMILES string of the molecule is CCC(C#N)Oc1ccc(CNC(C)(C)C)cc1F. The second-order valence-electron chi connectivity index (χ2n) is 5.51. The number of ether oxygens (including phenoxy) is 1. The van der Waals surface area contributed by atoms with Gasteiger partial charge in [0.05, 0.1) is 0 Å². The highest BCUT2D eigenvalue weighted by Gasteiger charge is 2.12. The van der Waals surface area contributed by atoms with Crippen LogP contribution in [0.1, 0.15) is 39.7 Å². The summed E-state index contributed by atoms with van der Waals surface area (Å²) in [6, 6.07) is 6.81. The predicted octanol–water partition coefficient (Wildman–Crippen LogP) is 3.39. The van der Waals surface area contributed by atoms with Crippen molar-refractivity contribution in [2.24, 2.45) is 0 Å². The summed E-state index contributed by atoms with van der Waals surface area (Å²) in [5.74, 6) is -0.296. The van der Waals surface area contributed by atoms with Gasteiger partial charge in [-0.25, -0.2) is 4.39 Å². The van der Waals surface area contributed by atoms with Crippen LogP contribution in [0.5, 0.6) is 5.75 Å². The molecule has 0 fully saturated rings. The van der Waals surface area contributed by atoms with Crippen molar-refractivity contribution in [3.8, 4) is 11.8 Å². The fraction of sp³-hybridized carbons (Fsp3) is 0.533. The van der Waals surface area contributed by atoms with Gasteiger partial charge in [0.1, 0.15) is 6.07 Å². The smallest absolute Gasteiger partial charge is 0.184 e. The van der Waals surface area contributed by atoms with Crippen LogP contribution in [0.15, 0.2) is 18.2 Å². The molecule has 0 spiro atoms. The van der Waals surface area contributed by atoms with Crippen molar-refractivity contribution in [3.05, 3.63) is 29.6 Å². The molecule has 3 nitrogen and oxygen atoms in total. The Bertz CT molecular complexity index is 460. The monoisotopic (exact) mass is 264 g/mol. The van der Waals surface area contributed by atoms with Gasteiger partial charge in [0.2, 0.25) is 0 Å². The zero-order chi connectivity index (χ0) is 14.5. The lowest BCUT2D eigenvalue weighted by atomic mass is 10.1. The fourth-order valence-electron chi connectivity index (χ4n) is 1.47. The minimum Gasteiger partial charge on any atom is -0.473 e. The standard InChI is InChI=1S/C15H21FN2O/c1-5-12(9-17)19-14-7-6-11(8-13(14)16)10-18-15(2,3)4/h6-8,12,18H,5,10H2,1-4H3. The van der Waals surface area contributed by atoms with Gasteiger partial charge in [-0.05, 0) is 44.9 Å². The maximum absolute atomic E-state index is 13.8. The normalized spacial score (nSPS) is 12.8. The zero-order valence-corrected chi connectivity index (χ0v) is 12.0. The Kier molecular flexibility index (Phi) is 5.31. The molecule has 1 aromatic rings. The van der Waals surface area contributed by atoms with E-state index in [2.05, 4.69) is 26.1 Å². The van der Waals surface area contributed by atoms with Crippen molar-refractivity contribution in [1.82, 2.24) is 5.32 Å². The van der Waals surface area contributed by atoms with E-state index in [4.69, 9.17) is 10.00 Å². The zero-order valence-electron chi connectivity index (χ0n) is 12.0. The number of hydrogen-bond donors (Lipinski definition) is 1. The highest BCUT2D eigenvalue weighted by atomic mass is 19.1. The number of nitrogens with zero attached hydrogens (tertiary/aromatic N) is 1. The number of rotatable bonds is 5. The van der Waals surface area contributed by atoms with Crippen LogP contribution in [-0.4, -0.2) is 11.6 Å². The Morgan fingerprint density at radius 1 is 1.42 bits per heavy atom. The maximum Gasteiger partial charge on any atom is 0.184 e. The van der Waals surface area contributed by atoms with Crippen LogP contribution in [0.3, 0.4) is 0 Å². The van der Waals surface area contributed by atoms with Gasteiger partial charge in [-0.3, -0.25) is 0 Å². The Labute approximate surface area is 114 Å². The quantitative estimate of drug-likeness (QED) is 0.886. The topological polar surface area (TPSA) is 45.0 Å². The van der Waals surface area contributed by atoms with E-state index >= 15 is 0 Å². The van der Waals surface area contributed by atoms with E-state index in [1.165, 1.54) is 6.07 Å². The first-order chi connectivity index (χ1) is 8.85. The highest BCUT2D eigenvalue weighted by molar-refractivity contribution is 5.30. The summed E-state index contributed by atoms with van der Waals surface area (Å²) >= 11 is 0. The molecule has 19 heavy (non-hydrogen) atoms. The van der Waals surface area contributed by atoms with Crippen LogP contribution in [0.2, 0.25) is 0 Å². The van der Waals surface area contributed by atoms with Crippen LogP contribution >= 0.6 is 0 Å². The highest BCUT2D eigenvalue weighted by Crippen LogP contribution is 2.20. The molecular weight excluding hydrogens is 243 g/mol. The molecule has 0 amide bonds. The van der Waals surface area contributed by atoms with Gasteiger partial charge in [0, 0.05) is 12.1 Å². The lowest BCUT2D eigenvalue weighted by molar-refractivity contribution is 0.240. The second kappa shape index (κ2) is 6.53. The van der Waals surface area contributed by atoms with Gasteiger partial charge in [-0.15, -0.1) is 0 Å². The van der Waals surface area contributed by atoms with Crippen LogP contribution in [0.25, 0.3) is 0 Å². The molecule has 104 valence electrons. The molecule has 1 unspecified atom stereocenters. The van der Waals surface area contributed by atoms with Crippen LogP contribution in [-0.2, 0) is 6.54 Å². The van der Waals surface area contributed by atoms with Crippen LogP contribution in [0.4, 0.5) is 4.39 Å². The number of nitriles is 1.